The number of ether oxygens (including phenoxy) is 7. The Bertz CT molecular complexity index is 1230. The number of carbonyl (C=O) groups is 2. The van der Waals surface area contributed by atoms with Crippen molar-refractivity contribution < 1.29 is 67.8 Å². The van der Waals surface area contributed by atoms with Crippen LogP contribution in [0.3, 0.4) is 0 Å². The van der Waals surface area contributed by atoms with Gasteiger partial charge < -0.3 is 63.4 Å². The van der Waals surface area contributed by atoms with Crippen LogP contribution in [0.2, 0.25) is 0 Å². The van der Waals surface area contributed by atoms with Gasteiger partial charge in [-0.25, -0.2) is 0 Å². The van der Waals surface area contributed by atoms with Crippen molar-refractivity contribution in [1.29, 1.82) is 0 Å². The van der Waals surface area contributed by atoms with E-state index in [1.807, 2.05) is 0 Å². The zero-order chi connectivity index (χ0) is 40.6. The number of likely N-dealkylation sites (N-methyl/N-ethyl adjacent to an activating group) is 1. The number of ketones is 1. The van der Waals surface area contributed by atoms with Gasteiger partial charge in [0.15, 0.2) is 18.7 Å². The maximum atomic E-state index is 14.2. The number of aliphatic hydroxyl groups excluding tert-OH is 3. The summed E-state index contributed by atoms with van der Waals surface area (Å²) in [7, 11) is 5.84. The minimum atomic E-state index is -1.99. The fraction of sp³-hybridized carbons (Fsp3) is 0.947. The number of nitrogens with zero attached hydrogens (tertiary/aromatic N) is 1. The maximum absolute atomic E-state index is 14.2. The van der Waals surface area contributed by atoms with E-state index in [1.54, 1.807) is 55.4 Å². The van der Waals surface area contributed by atoms with E-state index in [0.29, 0.717) is 0 Å². The number of rotatable bonds is 8. The average Bonchev–Trinajstić information content (AvgIpc) is 3.08. The summed E-state index contributed by atoms with van der Waals surface area (Å²) in [6.45, 7) is 16.6. The van der Waals surface area contributed by atoms with Gasteiger partial charge in [-0.2, -0.15) is 0 Å². The molecule has 15 nitrogen and oxygen atoms in total. The fourth-order valence-electron chi connectivity index (χ4n) is 8.69. The summed E-state index contributed by atoms with van der Waals surface area (Å²) in [5.74, 6) is -4.76. The first kappa shape index (κ1) is 46.0. The second-order valence-corrected chi connectivity index (χ2v) is 17.1. The maximum Gasteiger partial charge on any atom is 0.311 e. The van der Waals surface area contributed by atoms with Crippen LogP contribution in [0, 0.1) is 28.9 Å². The smallest absolute Gasteiger partial charge is 0.311 e. The highest BCUT2D eigenvalue weighted by Crippen LogP contribution is 2.42. The summed E-state index contributed by atoms with van der Waals surface area (Å²) in [4.78, 5) is 28.2. The van der Waals surface area contributed by atoms with Gasteiger partial charge in [0, 0.05) is 44.8 Å². The van der Waals surface area contributed by atoms with Gasteiger partial charge in [0.2, 0.25) is 0 Å². The molecule has 3 heterocycles. The molecule has 0 aliphatic carbocycles. The van der Waals surface area contributed by atoms with Crippen LogP contribution < -0.4 is 0 Å². The number of methoxy groups -OCH3 is 2. The predicted octanol–water partition coefficient (Wildman–Crippen LogP) is 2.45. The third-order valence-corrected chi connectivity index (χ3v) is 12.4. The molecule has 15 heteroatoms. The molecule has 4 N–H and O–H groups in total. The molecule has 3 aliphatic rings. The number of hydrogen-bond donors (Lipinski definition) is 4. The number of Topliss-reactive ketones (excluding diaryl/α,β-unsaturated/α-hetero) is 1. The largest absolute Gasteiger partial charge is 0.633 e. The number of quaternary nitrogens is 1. The number of carbonyl (C=O) groups excluding carboxylic acids is 2. The van der Waals surface area contributed by atoms with Crippen molar-refractivity contribution in [1.82, 2.24) is 0 Å². The summed E-state index contributed by atoms with van der Waals surface area (Å²) < 4.78 is 42.8. The molecule has 0 radical (unpaired) electrons. The van der Waals surface area contributed by atoms with E-state index >= 15 is 0 Å². The van der Waals surface area contributed by atoms with E-state index in [4.69, 9.17) is 33.2 Å². The summed E-state index contributed by atoms with van der Waals surface area (Å²) in [6, 6.07) is -0.788. The van der Waals surface area contributed by atoms with Crippen molar-refractivity contribution >= 4 is 11.8 Å². The Morgan fingerprint density at radius 2 is 1.45 bits per heavy atom. The first-order valence-corrected chi connectivity index (χ1v) is 19.1. The molecule has 310 valence electrons. The molecule has 0 spiro atoms. The number of hydrogen-bond acceptors (Lipinski definition) is 14. The van der Waals surface area contributed by atoms with E-state index in [9.17, 15) is 35.2 Å². The third-order valence-electron chi connectivity index (χ3n) is 12.4. The molecule has 0 aromatic carbocycles. The average molecular weight is 764 g/mol. The normalized spacial score (nSPS) is 48.5. The lowest BCUT2D eigenvalue weighted by Crippen LogP contribution is -2.63. The van der Waals surface area contributed by atoms with Crippen molar-refractivity contribution in [3.63, 3.8) is 0 Å². The van der Waals surface area contributed by atoms with Crippen LogP contribution in [0.15, 0.2) is 0 Å². The molecular formula is C38H69NO14. The Balaban J connectivity index is 2.23. The summed E-state index contributed by atoms with van der Waals surface area (Å²) >= 11 is 0. The van der Waals surface area contributed by atoms with E-state index in [-0.39, 0.29) is 31.5 Å². The van der Waals surface area contributed by atoms with Gasteiger partial charge in [0.25, 0.3) is 0 Å². The summed E-state index contributed by atoms with van der Waals surface area (Å²) in [5.41, 5.74) is -4.38. The van der Waals surface area contributed by atoms with Crippen LogP contribution in [-0.4, -0.2) is 149 Å². The lowest BCUT2D eigenvalue weighted by molar-refractivity contribution is -0.874. The Labute approximate surface area is 315 Å². The molecule has 18 atom stereocenters. The van der Waals surface area contributed by atoms with Crippen molar-refractivity contribution in [2.24, 2.45) is 23.7 Å². The van der Waals surface area contributed by atoms with Crippen LogP contribution in [0.4, 0.5) is 0 Å². The fourth-order valence-corrected chi connectivity index (χ4v) is 8.69. The summed E-state index contributed by atoms with van der Waals surface area (Å²) in [6.07, 6.45) is -10.1. The molecule has 1 unspecified atom stereocenters. The molecule has 3 fully saturated rings. The predicted molar refractivity (Wildman–Crippen MR) is 193 cm³/mol. The van der Waals surface area contributed by atoms with Gasteiger partial charge in [-0.3, -0.25) is 9.59 Å². The third kappa shape index (κ3) is 9.80. The van der Waals surface area contributed by atoms with Crippen molar-refractivity contribution in [3.8, 4) is 0 Å². The number of esters is 1. The second kappa shape index (κ2) is 17.4. The molecule has 0 amide bonds. The van der Waals surface area contributed by atoms with E-state index < -0.39 is 119 Å². The molecule has 53 heavy (non-hydrogen) atoms. The Kier molecular flexibility index (Phi) is 15.1. The molecule has 3 aliphatic heterocycles. The van der Waals surface area contributed by atoms with Crippen LogP contribution in [0.5, 0.6) is 0 Å². The van der Waals surface area contributed by atoms with Crippen LogP contribution >= 0.6 is 0 Å². The number of hydroxylamine groups is 3. The van der Waals surface area contributed by atoms with Gasteiger partial charge in [0.05, 0.1) is 61.7 Å². The minimum Gasteiger partial charge on any atom is -0.633 e. The minimum absolute atomic E-state index is 0.0507. The van der Waals surface area contributed by atoms with Crippen LogP contribution in [-0.2, 0) is 42.7 Å². The molecule has 0 aromatic heterocycles. The number of cyclic esters (lactones) is 1. The van der Waals surface area contributed by atoms with Gasteiger partial charge in [0.1, 0.15) is 29.6 Å². The molecule has 0 saturated carbocycles. The van der Waals surface area contributed by atoms with Gasteiger partial charge in [-0.1, -0.05) is 27.7 Å². The van der Waals surface area contributed by atoms with Crippen LogP contribution in [0.1, 0.15) is 94.9 Å². The van der Waals surface area contributed by atoms with Gasteiger partial charge in [-0.15, -0.1) is 0 Å². The van der Waals surface area contributed by atoms with Gasteiger partial charge in [-0.05, 0) is 54.4 Å². The molecular weight excluding hydrogens is 694 g/mol. The zero-order valence-electron chi connectivity index (χ0n) is 34.3. The highest BCUT2D eigenvalue weighted by molar-refractivity contribution is 5.83. The second-order valence-electron chi connectivity index (χ2n) is 17.1. The van der Waals surface area contributed by atoms with Crippen LogP contribution in [0.25, 0.3) is 0 Å². The highest BCUT2D eigenvalue weighted by atomic mass is 16.7. The topological polar surface area (TPSA) is 203 Å². The van der Waals surface area contributed by atoms with Gasteiger partial charge >= 0.3 is 5.97 Å². The van der Waals surface area contributed by atoms with Crippen molar-refractivity contribution in [2.45, 2.75) is 179 Å². The monoisotopic (exact) mass is 763 g/mol. The SMILES string of the molecule is CC[C@H]1OC(=O)[C@H](C)[C@@H](O[C@H]2C[C@@](C)(OC)[C@@H](O)[C@H](C)O2)[C@H](C)[C@@H](O[C@@H]2O[C@H](C)CC([N+](C)(C)[O-])[C@H]2O)[C@](C)(OC)C[C@@H](C)C(=O)[C@H](C)[C@@H](O)[C@]1(C)O. The van der Waals surface area contributed by atoms with Crippen molar-refractivity contribution in [2.75, 3.05) is 28.3 Å². The summed E-state index contributed by atoms with van der Waals surface area (Å²) in [5, 5.41) is 58.7. The zero-order valence-corrected chi connectivity index (χ0v) is 34.3. The standard InChI is InChI=1S/C38H69NO14/c1-15-26-38(10,45)31(42)21(4)28(40)19(2)17-37(9,48-14)33(53-35-29(41)25(39(11,12)46)16-20(3)49-35)22(5)30(23(6)34(44)51-26)52-27-18-36(8,47-13)32(43)24(7)50-27/h19-27,29-33,35,41-43,45H,15-18H2,1-14H3/t19-,20-,21+,22+,23-,24+,25?,26-,27+,29-,30+,31-,32+,33-,35+,36-,37-,38-/m1/s1. The first-order valence-electron chi connectivity index (χ1n) is 19.1. The quantitative estimate of drug-likeness (QED) is 0.160. The van der Waals surface area contributed by atoms with E-state index in [0.717, 1.165) is 0 Å². The van der Waals surface area contributed by atoms with Crippen molar-refractivity contribution in [3.05, 3.63) is 5.21 Å². The first-order chi connectivity index (χ1) is 24.3. The number of aliphatic hydroxyl groups is 4. The molecule has 3 rings (SSSR count). The van der Waals surface area contributed by atoms with E-state index in [1.165, 1.54) is 42.2 Å². The lowest BCUT2D eigenvalue weighted by Gasteiger charge is -2.51. The van der Waals surface area contributed by atoms with E-state index in [2.05, 4.69) is 0 Å². The Morgan fingerprint density at radius 1 is 0.868 bits per heavy atom. The molecule has 0 aromatic rings. The molecule has 3 saturated heterocycles. The lowest BCUT2D eigenvalue weighted by atomic mass is 9.74. The highest BCUT2D eigenvalue weighted by Gasteiger charge is 2.54. The Hall–Kier alpha value is -1.34. The molecule has 0 bridgehead atoms. The Morgan fingerprint density at radius 3 is 1.98 bits per heavy atom.